The lowest BCUT2D eigenvalue weighted by Gasteiger charge is -2.02. The zero-order valence-electron chi connectivity index (χ0n) is 9.85. The Kier molecular flexibility index (Phi) is 5.30. The summed E-state index contributed by atoms with van der Waals surface area (Å²) in [4.78, 5) is 0. The predicted molar refractivity (Wildman–Crippen MR) is 69.4 cm³/mol. The highest BCUT2D eigenvalue weighted by Gasteiger charge is 1.95. The van der Waals surface area contributed by atoms with Gasteiger partial charge in [0.15, 0.2) is 0 Å². The standard InChI is InChI=1S/C14H14.CH4O/c1-2-12-8-10-14(11-9-12)13-6-4-3-5-7-13;1-2/h3-11H,2H2,1H3;2H,1H3. The summed E-state index contributed by atoms with van der Waals surface area (Å²) in [5.74, 6) is 0. The van der Waals surface area contributed by atoms with Gasteiger partial charge in [0, 0.05) is 7.11 Å². The lowest BCUT2D eigenvalue weighted by atomic mass is 10.0. The molecule has 0 atom stereocenters. The van der Waals surface area contributed by atoms with Crippen LogP contribution in [0.4, 0.5) is 0 Å². The molecule has 0 fully saturated rings. The highest BCUT2D eigenvalue weighted by atomic mass is 16.2. The van der Waals surface area contributed by atoms with Gasteiger partial charge in [0.1, 0.15) is 0 Å². The number of hydrogen-bond acceptors (Lipinski definition) is 1. The molecule has 84 valence electrons. The Morgan fingerprint density at radius 2 is 1.25 bits per heavy atom. The van der Waals surface area contributed by atoms with E-state index >= 15 is 0 Å². The summed E-state index contributed by atoms with van der Waals surface area (Å²) in [7, 11) is 1.00. The van der Waals surface area contributed by atoms with Gasteiger partial charge < -0.3 is 5.11 Å². The molecule has 0 heterocycles. The van der Waals surface area contributed by atoms with E-state index in [0.717, 1.165) is 13.5 Å². The Labute approximate surface area is 97.4 Å². The molecule has 1 nitrogen and oxygen atoms in total. The first-order chi connectivity index (χ1) is 7.90. The van der Waals surface area contributed by atoms with Gasteiger partial charge in [-0.25, -0.2) is 0 Å². The smallest absolute Gasteiger partial charge is 0.0319 e. The minimum atomic E-state index is 1.00. The largest absolute Gasteiger partial charge is 0.400 e. The van der Waals surface area contributed by atoms with E-state index in [2.05, 4.69) is 55.5 Å². The van der Waals surface area contributed by atoms with Crippen molar-refractivity contribution in [2.24, 2.45) is 0 Å². The van der Waals surface area contributed by atoms with Crippen LogP contribution in [0.2, 0.25) is 0 Å². The average molecular weight is 214 g/mol. The van der Waals surface area contributed by atoms with Crippen molar-refractivity contribution in [1.29, 1.82) is 0 Å². The molecule has 0 unspecified atom stereocenters. The van der Waals surface area contributed by atoms with Gasteiger partial charge in [-0.05, 0) is 23.1 Å². The average Bonchev–Trinajstić information content (AvgIpc) is 2.42. The van der Waals surface area contributed by atoms with Crippen molar-refractivity contribution in [2.75, 3.05) is 7.11 Å². The Hall–Kier alpha value is -1.60. The minimum Gasteiger partial charge on any atom is -0.400 e. The molecule has 1 heteroatoms. The normalized spacial score (nSPS) is 9.19. The van der Waals surface area contributed by atoms with Crippen LogP contribution in [0.15, 0.2) is 54.6 Å². The molecule has 2 aromatic carbocycles. The van der Waals surface area contributed by atoms with Crippen molar-refractivity contribution >= 4 is 0 Å². The fraction of sp³-hybridized carbons (Fsp3) is 0.200. The van der Waals surface area contributed by atoms with Gasteiger partial charge in [-0.3, -0.25) is 0 Å². The van der Waals surface area contributed by atoms with E-state index in [-0.39, 0.29) is 0 Å². The summed E-state index contributed by atoms with van der Waals surface area (Å²) in [6, 6.07) is 19.2. The molecule has 0 saturated carbocycles. The number of aliphatic hydroxyl groups excluding tert-OH is 1. The number of aliphatic hydroxyl groups is 1. The third-order valence-electron chi connectivity index (χ3n) is 2.47. The number of hydrogen-bond donors (Lipinski definition) is 1. The van der Waals surface area contributed by atoms with Crippen LogP contribution < -0.4 is 0 Å². The summed E-state index contributed by atoms with van der Waals surface area (Å²) in [5.41, 5.74) is 3.97. The van der Waals surface area contributed by atoms with Gasteiger partial charge >= 0.3 is 0 Å². The van der Waals surface area contributed by atoms with E-state index in [4.69, 9.17) is 5.11 Å². The van der Waals surface area contributed by atoms with Crippen LogP contribution in [0.25, 0.3) is 11.1 Å². The lowest BCUT2D eigenvalue weighted by molar-refractivity contribution is 0.399. The molecule has 0 saturated heterocycles. The summed E-state index contributed by atoms with van der Waals surface area (Å²) >= 11 is 0. The van der Waals surface area contributed by atoms with Crippen molar-refractivity contribution in [2.45, 2.75) is 13.3 Å². The Morgan fingerprint density at radius 3 is 1.75 bits per heavy atom. The molecular formula is C15H18O. The SMILES string of the molecule is CCc1ccc(-c2ccccc2)cc1.CO. The first kappa shape index (κ1) is 12.5. The van der Waals surface area contributed by atoms with Crippen molar-refractivity contribution in [3.05, 3.63) is 60.2 Å². The van der Waals surface area contributed by atoms with Gasteiger partial charge in [-0.15, -0.1) is 0 Å². The molecule has 0 aliphatic rings. The third-order valence-corrected chi connectivity index (χ3v) is 2.47. The second-order valence-corrected chi connectivity index (χ2v) is 3.42. The molecule has 2 aromatic rings. The van der Waals surface area contributed by atoms with E-state index in [1.165, 1.54) is 16.7 Å². The van der Waals surface area contributed by atoms with Crippen molar-refractivity contribution in [3.8, 4) is 11.1 Å². The predicted octanol–water partition coefficient (Wildman–Crippen LogP) is 3.52. The van der Waals surface area contributed by atoms with E-state index in [0.29, 0.717) is 0 Å². The molecular weight excluding hydrogens is 196 g/mol. The van der Waals surface area contributed by atoms with Crippen LogP contribution in [-0.4, -0.2) is 12.2 Å². The first-order valence-corrected chi connectivity index (χ1v) is 5.49. The second kappa shape index (κ2) is 6.81. The van der Waals surface area contributed by atoms with Crippen LogP contribution in [0, 0.1) is 0 Å². The van der Waals surface area contributed by atoms with Gasteiger partial charge in [0.05, 0.1) is 0 Å². The summed E-state index contributed by atoms with van der Waals surface area (Å²) in [5, 5.41) is 7.00. The maximum absolute atomic E-state index is 7.00. The fourth-order valence-electron chi connectivity index (χ4n) is 1.56. The molecule has 0 aromatic heterocycles. The second-order valence-electron chi connectivity index (χ2n) is 3.42. The molecule has 16 heavy (non-hydrogen) atoms. The van der Waals surface area contributed by atoms with Crippen LogP contribution >= 0.6 is 0 Å². The minimum absolute atomic E-state index is 1.00. The van der Waals surface area contributed by atoms with E-state index in [1.807, 2.05) is 6.07 Å². The van der Waals surface area contributed by atoms with Crippen LogP contribution in [0.3, 0.4) is 0 Å². The maximum Gasteiger partial charge on any atom is 0.0319 e. The van der Waals surface area contributed by atoms with Crippen LogP contribution in [0.1, 0.15) is 12.5 Å². The van der Waals surface area contributed by atoms with Crippen LogP contribution in [-0.2, 0) is 6.42 Å². The van der Waals surface area contributed by atoms with Gasteiger partial charge in [-0.2, -0.15) is 0 Å². The number of rotatable bonds is 2. The summed E-state index contributed by atoms with van der Waals surface area (Å²) < 4.78 is 0. The number of aryl methyl sites for hydroxylation is 1. The highest BCUT2D eigenvalue weighted by molar-refractivity contribution is 5.63. The van der Waals surface area contributed by atoms with E-state index in [9.17, 15) is 0 Å². The molecule has 2 rings (SSSR count). The zero-order chi connectivity index (χ0) is 11.8. The quantitative estimate of drug-likeness (QED) is 0.811. The third kappa shape index (κ3) is 3.21. The molecule has 0 aliphatic heterocycles. The topological polar surface area (TPSA) is 20.2 Å². The van der Waals surface area contributed by atoms with Gasteiger partial charge in [0.2, 0.25) is 0 Å². The molecule has 0 bridgehead atoms. The molecule has 0 spiro atoms. The van der Waals surface area contributed by atoms with Crippen molar-refractivity contribution in [1.82, 2.24) is 0 Å². The monoisotopic (exact) mass is 214 g/mol. The highest BCUT2D eigenvalue weighted by Crippen LogP contribution is 2.19. The molecule has 0 amide bonds. The molecule has 0 aliphatic carbocycles. The Bertz CT molecular complexity index is 390. The zero-order valence-corrected chi connectivity index (χ0v) is 9.85. The molecule has 0 radical (unpaired) electrons. The lowest BCUT2D eigenvalue weighted by Crippen LogP contribution is -1.80. The van der Waals surface area contributed by atoms with E-state index < -0.39 is 0 Å². The maximum atomic E-state index is 7.00. The van der Waals surface area contributed by atoms with E-state index in [1.54, 1.807) is 0 Å². The first-order valence-electron chi connectivity index (χ1n) is 5.49. The Morgan fingerprint density at radius 1 is 0.750 bits per heavy atom. The van der Waals surface area contributed by atoms with Crippen molar-refractivity contribution < 1.29 is 5.11 Å². The van der Waals surface area contributed by atoms with Crippen LogP contribution in [0.5, 0.6) is 0 Å². The number of benzene rings is 2. The summed E-state index contributed by atoms with van der Waals surface area (Å²) in [6.45, 7) is 2.18. The summed E-state index contributed by atoms with van der Waals surface area (Å²) in [6.07, 6.45) is 1.11. The van der Waals surface area contributed by atoms with Crippen molar-refractivity contribution in [3.63, 3.8) is 0 Å². The Balaban J connectivity index is 0.000000606. The van der Waals surface area contributed by atoms with Gasteiger partial charge in [0.25, 0.3) is 0 Å². The fourth-order valence-corrected chi connectivity index (χ4v) is 1.56. The molecule has 1 N–H and O–H groups in total. The van der Waals surface area contributed by atoms with Gasteiger partial charge in [-0.1, -0.05) is 61.5 Å².